The molecule has 0 saturated heterocycles. The van der Waals surface area contributed by atoms with E-state index in [2.05, 4.69) is 17.2 Å². The van der Waals surface area contributed by atoms with Crippen molar-refractivity contribution in [1.29, 1.82) is 0 Å². The second-order valence-electron chi connectivity index (χ2n) is 3.53. The molecule has 0 aliphatic rings. The molecule has 2 N–H and O–H groups in total. The molecule has 18 heavy (non-hydrogen) atoms. The number of carbonyl (C=O) groups excluding carboxylic acids is 1. The normalized spacial score (nSPS) is 9.22. The zero-order valence-electron chi connectivity index (χ0n) is 9.79. The van der Waals surface area contributed by atoms with E-state index in [0.29, 0.717) is 18.5 Å². The highest BCUT2D eigenvalue weighted by molar-refractivity contribution is 6.33. The predicted octanol–water partition coefficient (Wildman–Crippen LogP) is 1.92. The van der Waals surface area contributed by atoms with Gasteiger partial charge in [-0.25, -0.2) is 4.79 Å². The van der Waals surface area contributed by atoms with E-state index in [9.17, 15) is 9.59 Å². The van der Waals surface area contributed by atoms with Gasteiger partial charge in [0.15, 0.2) is 0 Å². The molecule has 1 aromatic carbocycles. The quantitative estimate of drug-likeness (QED) is 0.648. The minimum atomic E-state index is -1.08. The summed E-state index contributed by atoms with van der Waals surface area (Å²) in [6.45, 7) is 1.91. The molecule has 0 aromatic heterocycles. The maximum atomic E-state index is 10.8. The summed E-state index contributed by atoms with van der Waals surface area (Å²) >= 11 is 5.73. The molecule has 0 fully saturated rings. The van der Waals surface area contributed by atoms with Crippen LogP contribution in [0.1, 0.15) is 29.3 Å². The van der Waals surface area contributed by atoms with E-state index in [0.717, 1.165) is 0 Å². The Morgan fingerprint density at radius 3 is 2.78 bits per heavy atom. The fourth-order valence-electron chi connectivity index (χ4n) is 1.23. The minimum Gasteiger partial charge on any atom is -0.478 e. The summed E-state index contributed by atoms with van der Waals surface area (Å²) in [6.07, 6.45) is 0.505. The van der Waals surface area contributed by atoms with Gasteiger partial charge in [-0.2, -0.15) is 0 Å². The highest BCUT2D eigenvalue weighted by Gasteiger charge is 2.08. The second kappa shape index (κ2) is 6.67. The SMILES string of the molecule is CC(=O)NCCC#Cc1ccc(Cl)c(C(=O)O)c1. The number of halogens is 1. The van der Waals surface area contributed by atoms with E-state index in [4.69, 9.17) is 16.7 Å². The van der Waals surface area contributed by atoms with Gasteiger partial charge in [0, 0.05) is 25.5 Å². The van der Waals surface area contributed by atoms with Crippen LogP contribution in [0.15, 0.2) is 18.2 Å². The van der Waals surface area contributed by atoms with Crippen LogP contribution in [0.2, 0.25) is 5.02 Å². The average molecular weight is 266 g/mol. The van der Waals surface area contributed by atoms with E-state index >= 15 is 0 Å². The van der Waals surface area contributed by atoms with Crippen molar-refractivity contribution < 1.29 is 14.7 Å². The number of hydrogen-bond donors (Lipinski definition) is 2. The van der Waals surface area contributed by atoms with Crippen molar-refractivity contribution >= 4 is 23.5 Å². The van der Waals surface area contributed by atoms with Crippen molar-refractivity contribution in [2.75, 3.05) is 6.54 Å². The van der Waals surface area contributed by atoms with Crippen LogP contribution in [0.5, 0.6) is 0 Å². The van der Waals surface area contributed by atoms with Crippen molar-refractivity contribution in [3.63, 3.8) is 0 Å². The van der Waals surface area contributed by atoms with Gasteiger partial charge in [-0.05, 0) is 18.2 Å². The van der Waals surface area contributed by atoms with Crippen molar-refractivity contribution in [2.24, 2.45) is 0 Å². The molecule has 0 unspecified atom stereocenters. The lowest BCUT2D eigenvalue weighted by atomic mass is 10.1. The standard InChI is InChI=1S/C13H12ClNO3/c1-9(16)15-7-3-2-4-10-5-6-12(14)11(8-10)13(17)18/h5-6,8H,3,7H2,1H3,(H,15,16)(H,17,18). The van der Waals surface area contributed by atoms with Crippen LogP contribution in [-0.4, -0.2) is 23.5 Å². The molecule has 0 aliphatic carbocycles. The largest absolute Gasteiger partial charge is 0.478 e. The van der Waals surface area contributed by atoms with E-state index in [-0.39, 0.29) is 16.5 Å². The number of aromatic carboxylic acids is 1. The summed E-state index contributed by atoms with van der Waals surface area (Å²) in [5.41, 5.74) is 0.616. The lowest BCUT2D eigenvalue weighted by molar-refractivity contribution is -0.118. The topological polar surface area (TPSA) is 66.4 Å². The van der Waals surface area contributed by atoms with Crippen LogP contribution in [0.3, 0.4) is 0 Å². The lowest BCUT2D eigenvalue weighted by Crippen LogP contribution is -2.20. The van der Waals surface area contributed by atoms with Crippen molar-refractivity contribution in [2.45, 2.75) is 13.3 Å². The molecular weight excluding hydrogens is 254 g/mol. The fourth-order valence-corrected chi connectivity index (χ4v) is 1.43. The molecule has 0 spiro atoms. The Labute approximate surface area is 110 Å². The Morgan fingerprint density at radius 1 is 1.44 bits per heavy atom. The van der Waals surface area contributed by atoms with Gasteiger partial charge in [0.05, 0.1) is 10.6 Å². The van der Waals surface area contributed by atoms with Crippen LogP contribution >= 0.6 is 11.6 Å². The summed E-state index contributed by atoms with van der Waals surface area (Å²) in [4.78, 5) is 21.4. The van der Waals surface area contributed by atoms with Crippen LogP contribution < -0.4 is 5.32 Å². The zero-order valence-corrected chi connectivity index (χ0v) is 10.5. The van der Waals surface area contributed by atoms with Crippen molar-refractivity contribution in [3.8, 4) is 11.8 Å². The summed E-state index contributed by atoms with van der Waals surface area (Å²) in [5.74, 6) is 4.48. The number of carbonyl (C=O) groups is 2. The maximum Gasteiger partial charge on any atom is 0.337 e. The lowest BCUT2D eigenvalue weighted by Gasteiger charge is -1.99. The smallest absolute Gasteiger partial charge is 0.337 e. The molecule has 0 aliphatic heterocycles. The molecular formula is C13H12ClNO3. The Bertz CT molecular complexity index is 529. The summed E-state index contributed by atoms with van der Waals surface area (Å²) in [7, 11) is 0. The third-order valence-corrected chi connectivity index (χ3v) is 2.38. The van der Waals surface area contributed by atoms with Crippen LogP contribution in [0.25, 0.3) is 0 Å². The third-order valence-electron chi connectivity index (χ3n) is 2.05. The van der Waals surface area contributed by atoms with Crippen LogP contribution in [0, 0.1) is 11.8 Å². The van der Waals surface area contributed by atoms with E-state index in [1.165, 1.54) is 19.1 Å². The first-order chi connectivity index (χ1) is 8.50. The summed E-state index contributed by atoms with van der Waals surface area (Å²) in [5, 5.41) is 11.7. The van der Waals surface area contributed by atoms with Crippen LogP contribution in [-0.2, 0) is 4.79 Å². The van der Waals surface area contributed by atoms with Crippen molar-refractivity contribution in [3.05, 3.63) is 34.3 Å². The number of rotatable bonds is 3. The van der Waals surface area contributed by atoms with Crippen LogP contribution in [0.4, 0.5) is 0 Å². The molecule has 0 atom stereocenters. The van der Waals surface area contributed by atoms with Gasteiger partial charge < -0.3 is 10.4 Å². The van der Waals surface area contributed by atoms with Gasteiger partial charge >= 0.3 is 5.97 Å². The van der Waals surface area contributed by atoms with Gasteiger partial charge in [0.25, 0.3) is 0 Å². The molecule has 94 valence electrons. The number of nitrogens with one attached hydrogen (secondary N) is 1. The number of amides is 1. The third kappa shape index (κ3) is 4.48. The van der Waals surface area contributed by atoms with Crippen molar-refractivity contribution in [1.82, 2.24) is 5.32 Å². The molecule has 0 bridgehead atoms. The number of hydrogen-bond acceptors (Lipinski definition) is 2. The molecule has 0 saturated carbocycles. The predicted molar refractivity (Wildman–Crippen MR) is 68.6 cm³/mol. The van der Waals surface area contributed by atoms with E-state index in [1.807, 2.05) is 0 Å². The van der Waals surface area contributed by atoms with E-state index in [1.54, 1.807) is 6.07 Å². The molecule has 1 aromatic rings. The molecule has 4 nitrogen and oxygen atoms in total. The second-order valence-corrected chi connectivity index (χ2v) is 3.94. The fraction of sp³-hybridized carbons (Fsp3) is 0.231. The highest BCUT2D eigenvalue weighted by Crippen LogP contribution is 2.17. The molecule has 0 heterocycles. The molecule has 0 radical (unpaired) electrons. The monoisotopic (exact) mass is 265 g/mol. The van der Waals surface area contributed by atoms with Gasteiger partial charge in [0.2, 0.25) is 5.91 Å². The molecule has 1 amide bonds. The number of benzene rings is 1. The Hall–Kier alpha value is -1.99. The van der Waals surface area contributed by atoms with Gasteiger partial charge in [-0.1, -0.05) is 23.4 Å². The number of carboxylic acid groups (broad SMARTS) is 1. The Kier molecular flexibility index (Phi) is 5.22. The first kappa shape index (κ1) is 14.1. The summed E-state index contributed by atoms with van der Waals surface area (Å²) < 4.78 is 0. The first-order valence-electron chi connectivity index (χ1n) is 5.27. The maximum absolute atomic E-state index is 10.8. The summed E-state index contributed by atoms with van der Waals surface area (Å²) in [6, 6.07) is 4.58. The van der Waals surface area contributed by atoms with Gasteiger partial charge in [0.1, 0.15) is 0 Å². The highest BCUT2D eigenvalue weighted by atomic mass is 35.5. The van der Waals surface area contributed by atoms with E-state index < -0.39 is 5.97 Å². The van der Waals surface area contributed by atoms with Gasteiger partial charge in [-0.15, -0.1) is 0 Å². The van der Waals surface area contributed by atoms with Gasteiger partial charge in [-0.3, -0.25) is 4.79 Å². The molecule has 1 rings (SSSR count). The molecule has 5 heteroatoms. The Morgan fingerprint density at radius 2 is 2.17 bits per heavy atom. The minimum absolute atomic E-state index is 0.0327. The number of carboxylic acids is 1. The average Bonchev–Trinajstić information content (AvgIpc) is 2.30. The Balaban J connectivity index is 2.68. The first-order valence-corrected chi connectivity index (χ1v) is 5.64. The zero-order chi connectivity index (χ0) is 13.5.